The molecular weight excluding hydrogens is 142 g/mol. The predicted molar refractivity (Wildman–Crippen MR) is 43.1 cm³/mol. The van der Waals surface area contributed by atoms with Crippen LogP contribution in [0.1, 0.15) is 6.42 Å². The average molecular weight is 157 g/mol. The van der Waals surface area contributed by atoms with E-state index in [1.807, 2.05) is 14.1 Å². The fraction of sp³-hybridized carbons (Fsp3) is 0.857. The molecular formula is C7H15N3O. The molecule has 1 aliphatic heterocycles. The molecule has 2 atom stereocenters. The summed E-state index contributed by atoms with van der Waals surface area (Å²) in [6.07, 6.45) is 0.836. The molecule has 0 aromatic carbocycles. The second-order valence-electron chi connectivity index (χ2n) is 3.22. The molecule has 0 unspecified atom stereocenters. The lowest BCUT2D eigenvalue weighted by Gasteiger charge is -2.16. The average Bonchev–Trinajstić information content (AvgIpc) is 2.33. The Labute approximate surface area is 66.7 Å². The summed E-state index contributed by atoms with van der Waals surface area (Å²) in [5.41, 5.74) is 5.14. The summed E-state index contributed by atoms with van der Waals surface area (Å²) in [6.45, 7) is 0.862. The molecule has 1 amide bonds. The van der Waals surface area contributed by atoms with E-state index < -0.39 is 0 Å². The van der Waals surface area contributed by atoms with Gasteiger partial charge < -0.3 is 16.0 Å². The van der Waals surface area contributed by atoms with E-state index in [0.717, 1.165) is 13.0 Å². The zero-order chi connectivity index (χ0) is 8.43. The number of primary amides is 1. The van der Waals surface area contributed by atoms with Gasteiger partial charge in [-0.3, -0.25) is 4.79 Å². The van der Waals surface area contributed by atoms with Gasteiger partial charge in [-0.15, -0.1) is 0 Å². The Morgan fingerprint density at radius 1 is 1.64 bits per heavy atom. The van der Waals surface area contributed by atoms with E-state index in [0.29, 0.717) is 6.04 Å². The molecule has 1 fully saturated rings. The molecule has 1 saturated heterocycles. The highest BCUT2D eigenvalue weighted by molar-refractivity contribution is 5.80. The number of amides is 1. The van der Waals surface area contributed by atoms with Gasteiger partial charge in [-0.2, -0.15) is 0 Å². The number of nitrogens with one attached hydrogen (secondary N) is 1. The van der Waals surface area contributed by atoms with Gasteiger partial charge in [-0.05, 0) is 20.5 Å². The maximum Gasteiger partial charge on any atom is 0.234 e. The van der Waals surface area contributed by atoms with Crippen LogP contribution in [-0.4, -0.2) is 43.5 Å². The van der Waals surface area contributed by atoms with Crippen molar-refractivity contribution in [3.05, 3.63) is 0 Å². The Hall–Kier alpha value is -0.610. The molecule has 1 heterocycles. The van der Waals surface area contributed by atoms with Crippen molar-refractivity contribution in [3.8, 4) is 0 Å². The van der Waals surface area contributed by atoms with Gasteiger partial charge >= 0.3 is 0 Å². The Morgan fingerprint density at radius 2 is 2.27 bits per heavy atom. The van der Waals surface area contributed by atoms with Crippen molar-refractivity contribution in [2.45, 2.75) is 18.5 Å². The van der Waals surface area contributed by atoms with E-state index in [9.17, 15) is 4.79 Å². The Kier molecular flexibility index (Phi) is 2.46. The van der Waals surface area contributed by atoms with Crippen molar-refractivity contribution < 1.29 is 4.79 Å². The minimum absolute atomic E-state index is 0.123. The van der Waals surface area contributed by atoms with Crippen molar-refractivity contribution in [1.82, 2.24) is 10.2 Å². The molecule has 4 nitrogen and oxygen atoms in total. The van der Waals surface area contributed by atoms with Gasteiger partial charge in [0.25, 0.3) is 0 Å². The van der Waals surface area contributed by atoms with Crippen LogP contribution in [0, 0.1) is 0 Å². The Morgan fingerprint density at radius 3 is 2.55 bits per heavy atom. The first-order valence-electron chi connectivity index (χ1n) is 3.80. The molecule has 1 rings (SSSR count). The summed E-state index contributed by atoms with van der Waals surface area (Å²) in [5.74, 6) is -0.241. The normalized spacial score (nSPS) is 31.2. The smallest absolute Gasteiger partial charge is 0.234 e. The third-order valence-electron chi connectivity index (χ3n) is 2.18. The number of carbonyl (C=O) groups excluding carboxylic acids is 1. The molecule has 0 radical (unpaired) electrons. The monoisotopic (exact) mass is 157 g/mol. The van der Waals surface area contributed by atoms with E-state index in [1.165, 1.54) is 0 Å². The molecule has 0 bridgehead atoms. The standard InChI is InChI=1S/C7H15N3O/c1-10(2)5-3-6(7(8)11)9-4-5/h5-6,9H,3-4H2,1-2H3,(H2,8,11)/t5-,6-/m0/s1. The third-order valence-corrected chi connectivity index (χ3v) is 2.18. The molecule has 0 aliphatic carbocycles. The van der Waals surface area contributed by atoms with Gasteiger partial charge in [0.05, 0.1) is 6.04 Å². The maximum atomic E-state index is 10.7. The minimum Gasteiger partial charge on any atom is -0.368 e. The summed E-state index contributed by atoms with van der Waals surface area (Å²) in [7, 11) is 4.02. The lowest BCUT2D eigenvalue weighted by Crippen LogP contribution is -2.36. The highest BCUT2D eigenvalue weighted by Gasteiger charge is 2.28. The number of hydrogen-bond donors (Lipinski definition) is 2. The fourth-order valence-corrected chi connectivity index (χ4v) is 1.33. The highest BCUT2D eigenvalue weighted by Crippen LogP contribution is 2.09. The van der Waals surface area contributed by atoms with Crippen molar-refractivity contribution in [1.29, 1.82) is 0 Å². The summed E-state index contributed by atoms with van der Waals surface area (Å²) in [6, 6.07) is 0.329. The van der Waals surface area contributed by atoms with Gasteiger partial charge in [-0.25, -0.2) is 0 Å². The lowest BCUT2D eigenvalue weighted by molar-refractivity contribution is -0.119. The topological polar surface area (TPSA) is 58.4 Å². The number of nitrogens with two attached hydrogens (primary N) is 1. The number of likely N-dealkylation sites (N-methyl/N-ethyl adjacent to an activating group) is 1. The van der Waals surface area contributed by atoms with Crippen LogP contribution in [0.2, 0.25) is 0 Å². The molecule has 0 spiro atoms. The first-order chi connectivity index (χ1) is 5.11. The van der Waals surface area contributed by atoms with E-state index in [1.54, 1.807) is 0 Å². The first-order valence-corrected chi connectivity index (χ1v) is 3.80. The second kappa shape index (κ2) is 3.19. The molecule has 11 heavy (non-hydrogen) atoms. The quantitative estimate of drug-likeness (QED) is 0.527. The SMILES string of the molecule is CN(C)[C@@H]1CN[C@H](C(N)=O)C1. The molecule has 0 aromatic rings. The molecule has 64 valence electrons. The maximum absolute atomic E-state index is 10.7. The summed E-state index contributed by atoms with van der Waals surface area (Å²) in [4.78, 5) is 12.8. The summed E-state index contributed by atoms with van der Waals surface area (Å²) in [5, 5.41) is 3.07. The molecule has 1 aliphatic rings. The van der Waals surface area contributed by atoms with E-state index in [4.69, 9.17) is 5.73 Å². The van der Waals surface area contributed by atoms with Gasteiger partial charge in [-0.1, -0.05) is 0 Å². The summed E-state index contributed by atoms with van der Waals surface area (Å²) >= 11 is 0. The van der Waals surface area contributed by atoms with Gasteiger partial charge in [0.15, 0.2) is 0 Å². The fourth-order valence-electron chi connectivity index (χ4n) is 1.33. The van der Waals surface area contributed by atoms with Crippen molar-refractivity contribution in [2.75, 3.05) is 20.6 Å². The van der Waals surface area contributed by atoms with Crippen molar-refractivity contribution in [3.63, 3.8) is 0 Å². The molecule has 0 saturated carbocycles. The van der Waals surface area contributed by atoms with Gasteiger partial charge in [0.1, 0.15) is 0 Å². The first kappa shape index (κ1) is 8.49. The minimum atomic E-state index is -0.241. The third kappa shape index (κ3) is 1.91. The van der Waals surface area contributed by atoms with Crippen molar-refractivity contribution >= 4 is 5.91 Å². The molecule has 3 N–H and O–H groups in total. The van der Waals surface area contributed by atoms with Crippen LogP contribution >= 0.6 is 0 Å². The highest BCUT2D eigenvalue weighted by atomic mass is 16.1. The van der Waals surface area contributed by atoms with Crippen LogP contribution in [0.4, 0.5) is 0 Å². The van der Waals surface area contributed by atoms with Crippen LogP contribution in [0.5, 0.6) is 0 Å². The summed E-state index contributed by atoms with van der Waals surface area (Å²) < 4.78 is 0. The zero-order valence-corrected chi connectivity index (χ0v) is 7.00. The largest absolute Gasteiger partial charge is 0.368 e. The Bertz CT molecular complexity index is 158. The number of carbonyl (C=O) groups is 1. The van der Waals surface area contributed by atoms with Crippen LogP contribution in [-0.2, 0) is 4.79 Å². The van der Waals surface area contributed by atoms with E-state index in [-0.39, 0.29) is 11.9 Å². The van der Waals surface area contributed by atoms with Crippen LogP contribution in [0.15, 0.2) is 0 Å². The van der Waals surface area contributed by atoms with Gasteiger partial charge in [0, 0.05) is 12.6 Å². The lowest BCUT2D eigenvalue weighted by atomic mass is 10.1. The second-order valence-corrected chi connectivity index (χ2v) is 3.22. The Balaban J connectivity index is 2.41. The zero-order valence-electron chi connectivity index (χ0n) is 7.00. The van der Waals surface area contributed by atoms with Gasteiger partial charge in [0.2, 0.25) is 5.91 Å². The molecule has 4 heteroatoms. The van der Waals surface area contributed by atoms with E-state index >= 15 is 0 Å². The number of rotatable bonds is 2. The predicted octanol–water partition coefficient (Wildman–Crippen LogP) is -1.24. The van der Waals surface area contributed by atoms with Crippen molar-refractivity contribution in [2.24, 2.45) is 5.73 Å². The molecule has 0 aromatic heterocycles. The number of nitrogens with zero attached hydrogens (tertiary/aromatic N) is 1. The van der Waals surface area contributed by atoms with Crippen LogP contribution in [0.25, 0.3) is 0 Å². The number of hydrogen-bond acceptors (Lipinski definition) is 3. The van der Waals surface area contributed by atoms with Crippen LogP contribution < -0.4 is 11.1 Å². The van der Waals surface area contributed by atoms with E-state index in [2.05, 4.69) is 10.2 Å². The van der Waals surface area contributed by atoms with Crippen LogP contribution in [0.3, 0.4) is 0 Å².